The Hall–Kier alpha value is -1.56. The van der Waals surface area contributed by atoms with Crippen molar-refractivity contribution in [2.45, 2.75) is 18.9 Å². The molecule has 0 bridgehead atoms. The molecule has 2 heterocycles. The summed E-state index contributed by atoms with van der Waals surface area (Å²) in [6.07, 6.45) is 3.25. The van der Waals surface area contributed by atoms with Gasteiger partial charge in [0.25, 0.3) is 6.43 Å². The molecule has 2 rings (SSSR count). The molecule has 80 valence electrons. The van der Waals surface area contributed by atoms with E-state index in [0.29, 0.717) is 5.65 Å². The first-order chi connectivity index (χ1) is 7.03. The molecular formula is C9H10F2N4. The van der Waals surface area contributed by atoms with Crippen molar-refractivity contribution < 1.29 is 8.78 Å². The van der Waals surface area contributed by atoms with E-state index in [9.17, 15) is 8.78 Å². The average Bonchev–Trinajstić information content (AvgIpc) is 2.61. The maximum atomic E-state index is 12.7. The molecule has 0 saturated carbocycles. The molecule has 0 radical (unpaired) electrons. The second kappa shape index (κ2) is 3.23. The minimum atomic E-state index is -2.65. The highest BCUT2D eigenvalue weighted by molar-refractivity contribution is 5.39. The summed E-state index contributed by atoms with van der Waals surface area (Å²) in [5.74, 6) is 0. The van der Waals surface area contributed by atoms with Crippen LogP contribution in [-0.4, -0.2) is 20.8 Å². The van der Waals surface area contributed by atoms with Crippen LogP contribution in [0.2, 0.25) is 0 Å². The molecule has 0 aromatic carbocycles. The molecule has 0 amide bonds. The molecule has 1 atom stereocenters. The van der Waals surface area contributed by atoms with Crippen LogP contribution in [0.25, 0.3) is 5.65 Å². The van der Waals surface area contributed by atoms with Crippen LogP contribution in [-0.2, 0) is 5.54 Å². The number of halogens is 2. The SMILES string of the molecule is CC(N)(c1cnc2cnccn12)C(F)F. The van der Waals surface area contributed by atoms with E-state index >= 15 is 0 Å². The predicted molar refractivity (Wildman–Crippen MR) is 50.5 cm³/mol. The summed E-state index contributed by atoms with van der Waals surface area (Å²) in [5.41, 5.74) is 4.63. The van der Waals surface area contributed by atoms with Crippen molar-refractivity contribution >= 4 is 5.65 Å². The zero-order chi connectivity index (χ0) is 11.1. The minimum Gasteiger partial charge on any atom is -0.316 e. The van der Waals surface area contributed by atoms with Crippen LogP contribution in [0.1, 0.15) is 12.6 Å². The smallest absolute Gasteiger partial charge is 0.261 e. The van der Waals surface area contributed by atoms with Gasteiger partial charge in [0.15, 0.2) is 5.65 Å². The van der Waals surface area contributed by atoms with Crippen molar-refractivity contribution in [3.8, 4) is 0 Å². The van der Waals surface area contributed by atoms with Gasteiger partial charge in [-0.15, -0.1) is 0 Å². The number of imidazole rings is 1. The minimum absolute atomic E-state index is 0.273. The fourth-order valence-electron chi connectivity index (χ4n) is 1.35. The maximum absolute atomic E-state index is 12.7. The van der Waals surface area contributed by atoms with Gasteiger partial charge in [0.05, 0.1) is 18.1 Å². The number of nitrogens with two attached hydrogens (primary N) is 1. The van der Waals surface area contributed by atoms with Gasteiger partial charge in [-0.1, -0.05) is 0 Å². The number of nitrogens with zero attached hydrogens (tertiary/aromatic N) is 3. The fourth-order valence-corrected chi connectivity index (χ4v) is 1.35. The molecule has 0 saturated heterocycles. The highest BCUT2D eigenvalue weighted by Crippen LogP contribution is 2.25. The van der Waals surface area contributed by atoms with Crippen LogP contribution >= 0.6 is 0 Å². The van der Waals surface area contributed by atoms with Gasteiger partial charge in [-0.05, 0) is 6.92 Å². The van der Waals surface area contributed by atoms with E-state index in [-0.39, 0.29) is 5.69 Å². The van der Waals surface area contributed by atoms with Crippen molar-refractivity contribution in [2.24, 2.45) is 5.73 Å². The summed E-state index contributed by atoms with van der Waals surface area (Å²) in [5, 5.41) is 0. The fraction of sp³-hybridized carbons (Fsp3) is 0.333. The highest BCUT2D eigenvalue weighted by Gasteiger charge is 2.35. The van der Waals surface area contributed by atoms with E-state index < -0.39 is 12.0 Å². The molecule has 2 aromatic heterocycles. The summed E-state index contributed by atoms with van der Waals surface area (Å²) in [6, 6.07) is 0. The number of rotatable bonds is 2. The Morgan fingerprint density at radius 2 is 2.20 bits per heavy atom. The van der Waals surface area contributed by atoms with Gasteiger partial charge in [-0.2, -0.15) is 0 Å². The number of aromatic nitrogens is 3. The molecule has 4 nitrogen and oxygen atoms in total. The first-order valence-electron chi connectivity index (χ1n) is 4.38. The zero-order valence-electron chi connectivity index (χ0n) is 8.06. The van der Waals surface area contributed by atoms with Crippen LogP contribution < -0.4 is 5.73 Å². The molecule has 1 unspecified atom stereocenters. The van der Waals surface area contributed by atoms with Gasteiger partial charge in [-0.25, -0.2) is 13.8 Å². The molecule has 0 aliphatic heterocycles. The summed E-state index contributed by atoms with van der Waals surface area (Å²) < 4.78 is 27.0. The van der Waals surface area contributed by atoms with Gasteiger partial charge in [-0.3, -0.25) is 9.38 Å². The Labute approximate surface area is 84.8 Å². The molecule has 15 heavy (non-hydrogen) atoms. The topological polar surface area (TPSA) is 56.2 Å². The van der Waals surface area contributed by atoms with E-state index in [1.165, 1.54) is 29.9 Å². The third-order valence-corrected chi connectivity index (χ3v) is 2.32. The first kappa shape index (κ1) is 9.97. The Morgan fingerprint density at radius 3 is 2.87 bits per heavy atom. The van der Waals surface area contributed by atoms with Crippen molar-refractivity contribution in [1.82, 2.24) is 14.4 Å². The molecule has 0 aliphatic carbocycles. The first-order valence-corrected chi connectivity index (χ1v) is 4.38. The predicted octanol–water partition coefficient (Wildman–Crippen LogP) is 1.17. The van der Waals surface area contributed by atoms with Crippen molar-refractivity contribution in [3.63, 3.8) is 0 Å². The molecule has 0 fully saturated rings. The summed E-state index contributed by atoms with van der Waals surface area (Å²) in [6.45, 7) is 1.28. The quantitative estimate of drug-likeness (QED) is 0.812. The summed E-state index contributed by atoms with van der Waals surface area (Å²) in [4.78, 5) is 7.80. The lowest BCUT2D eigenvalue weighted by molar-refractivity contribution is 0.0597. The van der Waals surface area contributed by atoms with Crippen LogP contribution in [0.15, 0.2) is 24.8 Å². The normalized spacial score (nSPS) is 15.8. The number of alkyl halides is 2. The largest absolute Gasteiger partial charge is 0.316 e. The Kier molecular flexibility index (Phi) is 2.15. The molecule has 2 aromatic rings. The van der Waals surface area contributed by atoms with Gasteiger partial charge < -0.3 is 5.73 Å². The van der Waals surface area contributed by atoms with Gasteiger partial charge in [0, 0.05) is 12.4 Å². The molecule has 2 N–H and O–H groups in total. The van der Waals surface area contributed by atoms with Gasteiger partial charge in [0.1, 0.15) is 5.54 Å². The van der Waals surface area contributed by atoms with Gasteiger partial charge >= 0.3 is 0 Å². The van der Waals surface area contributed by atoms with Crippen molar-refractivity contribution in [2.75, 3.05) is 0 Å². The third kappa shape index (κ3) is 1.46. The van der Waals surface area contributed by atoms with Gasteiger partial charge in [0.2, 0.25) is 0 Å². The third-order valence-electron chi connectivity index (χ3n) is 2.32. The average molecular weight is 212 g/mol. The number of fused-ring (bicyclic) bond motifs is 1. The lowest BCUT2D eigenvalue weighted by Crippen LogP contribution is -2.41. The summed E-state index contributed by atoms with van der Waals surface area (Å²) in [7, 11) is 0. The van der Waals surface area contributed by atoms with E-state index in [1.54, 1.807) is 6.20 Å². The van der Waals surface area contributed by atoms with Crippen molar-refractivity contribution in [3.05, 3.63) is 30.5 Å². The van der Waals surface area contributed by atoms with Crippen LogP contribution in [0.4, 0.5) is 8.78 Å². The second-order valence-electron chi connectivity index (χ2n) is 3.53. The van der Waals surface area contributed by atoms with E-state index in [1.807, 2.05) is 0 Å². The lowest BCUT2D eigenvalue weighted by atomic mass is 10.0. The molecular weight excluding hydrogens is 202 g/mol. The maximum Gasteiger partial charge on any atom is 0.261 e. The van der Waals surface area contributed by atoms with Crippen LogP contribution in [0, 0.1) is 0 Å². The number of hydrogen-bond acceptors (Lipinski definition) is 3. The zero-order valence-corrected chi connectivity index (χ0v) is 8.06. The number of hydrogen-bond donors (Lipinski definition) is 1. The van der Waals surface area contributed by atoms with Crippen LogP contribution in [0.5, 0.6) is 0 Å². The molecule has 0 spiro atoms. The second-order valence-corrected chi connectivity index (χ2v) is 3.53. The summed E-state index contributed by atoms with van der Waals surface area (Å²) >= 11 is 0. The molecule has 0 aliphatic rings. The highest BCUT2D eigenvalue weighted by atomic mass is 19.3. The van der Waals surface area contributed by atoms with E-state index in [4.69, 9.17) is 5.73 Å². The monoisotopic (exact) mass is 212 g/mol. The van der Waals surface area contributed by atoms with Crippen LogP contribution in [0.3, 0.4) is 0 Å². The Balaban J connectivity index is 2.62. The van der Waals surface area contributed by atoms with E-state index in [0.717, 1.165) is 0 Å². The Bertz CT molecular complexity index is 478. The lowest BCUT2D eigenvalue weighted by Gasteiger charge is -2.22. The van der Waals surface area contributed by atoms with E-state index in [2.05, 4.69) is 9.97 Å². The molecule has 6 heteroatoms. The van der Waals surface area contributed by atoms with Crippen molar-refractivity contribution in [1.29, 1.82) is 0 Å². The standard InChI is InChI=1S/C9H10F2N4/c1-9(12,8(10)11)6-4-14-7-5-13-2-3-15(6)7/h2-5,8H,12H2,1H3. The Morgan fingerprint density at radius 1 is 1.47 bits per heavy atom.